The minimum Gasteiger partial charge on any atom is -0.313 e. The molecule has 0 aliphatic heterocycles. The van der Waals surface area contributed by atoms with Crippen molar-refractivity contribution in [1.29, 1.82) is 0 Å². The molecule has 0 bridgehead atoms. The van der Waals surface area contributed by atoms with Crippen molar-refractivity contribution in [3.05, 3.63) is 16.4 Å². The summed E-state index contributed by atoms with van der Waals surface area (Å²) in [6.45, 7) is 4.55. The zero-order valence-electron chi connectivity index (χ0n) is 11.2. The predicted octanol–water partition coefficient (Wildman–Crippen LogP) is 0.947. The molecule has 1 unspecified atom stereocenters. The minimum absolute atomic E-state index is 0.103. The van der Waals surface area contributed by atoms with Crippen LogP contribution >= 0.6 is 11.6 Å². The molecule has 104 valence electrons. The van der Waals surface area contributed by atoms with Gasteiger partial charge in [0.05, 0.1) is 11.4 Å². The lowest BCUT2D eigenvalue weighted by Gasteiger charge is -2.16. The molecule has 0 fully saturated rings. The van der Waals surface area contributed by atoms with Crippen molar-refractivity contribution in [2.75, 3.05) is 18.6 Å². The molecule has 1 atom stereocenters. The van der Waals surface area contributed by atoms with E-state index in [0.29, 0.717) is 11.6 Å². The molecule has 0 aliphatic carbocycles. The molecule has 5 nitrogen and oxygen atoms in total. The Labute approximate surface area is 113 Å². The van der Waals surface area contributed by atoms with Gasteiger partial charge >= 0.3 is 0 Å². The fraction of sp³-hybridized carbons (Fsp3) is 0.727. The second-order valence-corrected chi connectivity index (χ2v) is 7.07. The molecule has 0 radical (unpaired) electrons. The van der Waals surface area contributed by atoms with Gasteiger partial charge in [0.1, 0.15) is 15.0 Å². The van der Waals surface area contributed by atoms with Crippen molar-refractivity contribution in [2.24, 2.45) is 7.05 Å². The summed E-state index contributed by atoms with van der Waals surface area (Å²) in [6.07, 6.45) is 1.81. The smallest absolute Gasteiger partial charge is 0.148 e. The maximum atomic E-state index is 11.4. The first kappa shape index (κ1) is 15.5. The van der Waals surface area contributed by atoms with Crippen molar-refractivity contribution in [3.8, 4) is 0 Å². The van der Waals surface area contributed by atoms with E-state index in [2.05, 4.69) is 10.4 Å². The second kappa shape index (κ2) is 6.04. The predicted molar refractivity (Wildman–Crippen MR) is 73.8 cm³/mol. The molecule has 0 aliphatic rings. The first-order valence-corrected chi connectivity index (χ1v) is 8.27. The Morgan fingerprint density at radius 1 is 1.50 bits per heavy atom. The van der Waals surface area contributed by atoms with E-state index in [4.69, 9.17) is 11.6 Å². The summed E-state index contributed by atoms with van der Waals surface area (Å²) in [7, 11) is -1.24. The van der Waals surface area contributed by atoms with E-state index in [1.54, 1.807) is 11.7 Å². The number of nitrogens with zero attached hydrogens (tertiary/aromatic N) is 2. The van der Waals surface area contributed by atoms with Crippen LogP contribution in [-0.2, 0) is 23.3 Å². The number of hydrogen-bond acceptors (Lipinski definition) is 4. The highest BCUT2D eigenvalue weighted by Crippen LogP contribution is 2.20. The van der Waals surface area contributed by atoms with Crippen LogP contribution in [0.5, 0.6) is 0 Å². The van der Waals surface area contributed by atoms with Crippen LogP contribution in [0.15, 0.2) is 0 Å². The molecule has 1 aromatic heterocycles. The fourth-order valence-electron chi connectivity index (χ4n) is 2.00. The highest BCUT2D eigenvalue weighted by atomic mass is 35.5. The van der Waals surface area contributed by atoms with E-state index >= 15 is 0 Å². The van der Waals surface area contributed by atoms with E-state index in [-0.39, 0.29) is 11.8 Å². The molecule has 18 heavy (non-hydrogen) atoms. The summed E-state index contributed by atoms with van der Waals surface area (Å²) in [5, 5.41) is 7.98. The van der Waals surface area contributed by atoms with Gasteiger partial charge in [0, 0.05) is 24.9 Å². The van der Waals surface area contributed by atoms with Crippen molar-refractivity contribution in [2.45, 2.75) is 26.3 Å². The van der Waals surface area contributed by atoms with E-state index < -0.39 is 9.84 Å². The number of likely N-dealkylation sites (N-methyl/N-ethyl adjacent to an activating group) is 1. The summed E-state index contributed by atoms with van der Waals surface area (Å²) < 4.78 is 24.4. The first-order chi connectivity index (χ1) is 8.24. The van der Waals surface area contributed by atoms with Crippen LogP contribution in [0.1, 0.15) is 18.2 Å². The Bertz CT molecular complexity index is 511. The quantitative estimate of drug-likeness (QED) is 0.848. The number of hydrogen-bond donors (Lipinski definition) is 1. The van der Waals surface area contributed by atoms with Gasteiger partial charge in [-0.05, 0) is 19.9 Å². The van der Waals surface area contributed by atoms with Gasteiger partial charge < -0.3 is 5.32 Å². The van der Waals surface area contributed by atoms with Crippen molar-refractivity contribution in [3.63, 3.8) is 0 Å². The van der Waals surface area contributed by atoms with Gasteiger partial charge in [0.15, 0.2) is 0 Å². The molecular weight excluding hydrogens is 274 g/mol. The Morgan fingerprint density at radius 3 is 2.50 bits per heavy atom. The lowest BCUT2D eigenvalue weighted by Crippen LogP contribution is -2.37. The molecule has 1 aromatic rings. The maximum Gasteiger partial charge on any atom is 0.148 e. The number of aromatic nitrogens is 2. The van der Waals surface area contributed by atoms with Gasteiger partial charge in [0.2, 0.25) is 0 Å². The third kappa shape index (κ3) is 4.26. The molecular formula is C11H20ClN3O2S. The first-order valence-electron chi connectivity index (χ1n) is 5.83. The van der Waals surface area contributed by atoms with Gasteiger partial charge in [-0.25, -0.2) is 8.42 Å². The number of rotatable bonds is 6. The van der Waals surface area contributed by atoms with Crippen molar-refractivity contribution >= 4 is 21.4 Å². The van der Waals surface area contributed by atoms with Crippen LogP contribution in [0, 0.1) is 6.92 Å². The molecule has 0 amide bonds. The van der Waals surface area contributed by atoms with Gasteiger partial charge in [-0.2, -0.15) is 5.10 Å². The van der Waals surface area contributed by atoms with Gasteiger partial charge in [-0.3, -0.25) is 4.68 Å². The summed E-state index contributed by atoms with van der Waals surface area (Å²) in [5.41, 5.74) is 1.76. The Morgan fingerprint density at radius 2 is 2.11 bits per heavy atom. The number of halogens is 1. The number of aryl methyl sites for hydroxylation is 2. The van der Waals surface area contributed by atoms with Crippen LogP contribution < -0.4 is 5.32 Å². The summed E-state index contributed by atoms with van der Waals surface area (Å²) in [4.78, 5) is 0. The lowest BCUT2D eigenvalue weighted by atomic mass is 10.1. The minimum atomic E-state index is -3.02. The fourth-order valence-corrected chi connectivity index (χ4v) is 3.21. The molecule has 1 rings (SSSR count). The van der Waals surface area contributed by atoms with Crippen molar-refractivity contribution < 1.29 is 8.42 Å². The molecule has 7 heteroatoms. The number of nitrogens with one attached hydrogen (secondary N) is 1. The normalized spacial score (nSPS) is 13.8. The third-order valence-electron chi connectivity index (χ3n) is 2.72. The molecule has 0 saturated carbocycles. The van der Waals surface area contributed by atoms with Crippen LogP contribution in [0.3, 0.4) is 0 Å². The molecule has 0 spiro atoms. The molecule has 1 N–H and O–H groups in total. The monoisotopic (exact) mass is 293 g/mol. The Hall–Kier alpha value is -0.590. The molecule has 1 heterocycles. The Balaban J connectivity index is 2.89. The zero-order chi connectivity index (χ0) is 13.9. The molecule has 0 saturated heterocycles. The highest BCUT2D eigenvalue weighted by molar-refractivity contribution is 7.90. The van der Waals surface area contributed by atoms with E-state index in [0.717, 1.165) is 17.8 Å². The van der Waals surface area contributed by atoms with E-state index in [1.165, 1.54) is 6.26 Å². The standard InChI is InChI=1S/C11H20ClN3O2S/c1-5-13-9(7-18(4,16)17)6-10-8(2)14-15(3)11(10)12/h9,13H,5-7H2,1-4H3. The summed E-state index contributed by atoms with van der Waals surface area (Å²) >= 11 is 6.15. The Kier molecular flexibility index (Phi) is 5.19. The van der Waals surface area contributed by atoms with Crippen molar-refractivity contribution in [1.82, 2.24) is 15.1 Å². The van der Waals surface area contributed by atoms with Crippen LogP contribution in [0.2, 0.25) is 5.15 Å². The third-order valence-corrected chi connectivity index (χ3v) is 4.20. The zero-order valence-corrected chi connectivity index (χ0v) is 12.8. The van der Waals surface area contributed by atoms with Gasteiger partial charge in [-0.15, -0.1) is 0 Å². The van der Waals surface area contributed by atoms with Crippen LogP contribution in [-0.4, -0.2) is 42.8 Å². The average molecular weight is 294 g/mol. The van der Waals surface area contributed by atoms with E-state index in [9.17, 15) is 8.42 Å². The van der Waals surface area contributed by atoms with Crippen LogP contribution in [0.4, 0.5) is 0 Å². The SMILES string of the molecule is CCNC(Cc1c(C)nn(C)c1Cl)CS(C)(=O)=O. The topological polar surface area (TPSA) is 64.0 Å². The summed E-state index contributed by atoms with van der Waals surface area (Å²) in [6, 6.07) is -0.134. The maximum absolute atomic E-state index is 11.4. The van der Waals surface area contributed by atoms with Gasteiger partial charge in [-0.1, -0.05) is 18.5 Å². The van der Waals surface area contributed by atoms with Crippen LogP contribution in [0.25, 0.3) is 0 Å². The largest absolute Gasteiger partial charge is 0.313 e. The van der Waals surface area contributed by atoms with Gasteiger partial charge in [0.25, 0.3) is 0 Å². The second-order valence-electron chi connectivity index (χ2n) is 4.53. The number of sulfone groups is 1. The molecule has 0 aromatic carbocycles. The lowest BCUT2D eigenvalue weighted by molar-refractivity contribution is 0.544. The average Bonchev–Trinajstić information content (AvgIpc) is 2.43. The van der Waals surface area contributed by atoms with E-state index in [1.807, 2.05) is 13.8 Å². The highest BCUT2D eigenvalue weighted by Gasteiger charge is 2.19. The summed E-state index contributed by atoms with van der Waals surface area (Å²) in [5.74, 6) is 0.103.